The number of nitrogens with two attached hydrogens (primary N) is 1. The third kappa shape index (κ3) is 3.13. The van der Waals surface area contributed by atoms with E-state index in [1.54, 1.807) is 18.5 Å². The summed E-state index contributed by atoms with van der Waals surface area (Å²) < 4.78 is 0. The number of aryl methyl sites for hydroxylation is 2. The van der Waals surface area contributed by atoms with Crippen LogP contribution in [-0.2, 0) is 6.54 Å². The Morgan fingerprint density at radius 1 is 1.30 bits per heavy atom. The van der Waals surface area contributed by atoms with E-state index in [-0.39, 0.29) is 5.91 Å². The monoisotopic (exact) mass is 270 g/mol. The molecule has 0 saturated heterocycles. The fourth-order valence-corrected chi connectivity index (χ4v) is 1.94. The molecule has 104 valence electrons. The van der Waals surface area contributed by atoms with Crippen molar-refractivity contribution >= 4 is 11.6 Å². The predicted octanol–water partition coefficient (Wildman–Crippen LogP) is 1.91. The molecule has 0 aliphatic heterocycles. The summed E-state index contributed by atoms with van der Waals surface area (Å²) in [4.78, 5) is 16.3. The molecule has 1 amide bonds. The van der Waals surface area contributed by atoms with Gasteiger partial charge < -0.3 is 10.7 Å². The summed E-state index contributed by atoms with van der Waals surface area (Å²) in [6.07, 6.45) is 3.50. The van der Waals surface area contributed by atoms with Gasteiger partial charge in [0.05, 0.1) is 11.3 Å². The number of nitrogens with zero attached hydrogens (tertiary/aromatic N) is 1. The van der Waals surface area contributed by atoms with Crippen molar-refractivity contribution in [3.05, 3.63) is 58.9 Å². The van der Waals surface area contributed by atoms with Crippen LogP contribution in [0.2, 0.25) is 0 Å². The van der Waals surface area contributed by atoms with Crippen molar-refractivity contribution in [2.75, 3.05) is 5.43 Å². The Labute approximate surface area is 118 Å². The van der Waals surface area contributed by atoms with Crippen LogP contribution >= 0.6 is 0 Å². The molecular weight excluding hydrogens is 252 g/mol. The smallest absolute Gasteiger partial charge is 0.253 e. The van der Waals surface area contributed by atoms with Gasteiger partial charge in [0.25, 0.3) is 5.91 Å². The number of aromatic nitrogens is 1. The van der Waals surface area contributed by atoms with Gasteiger partial charge in [-0.05, 0) is 43.2 Å². The third-order valence-corrected chi connectivity index (χ3v) is 3.15. The first kappa shape index (κ1) is 14.0. The minimum Gasteiger partial charge on any atom is -0.348 e. The fourth-order valence-electron chi connectivity index (χ4n) is 1.94. The van der Waals surface area contributed by atoms with Gasteiger partial charge in [0.15, 0.2) is 0 Å². The number of carbonyl (C=O) groups is 1. The number of anilines is 1. The molecule has 20 heavy (non-hydrogen) atoms. The average Bonchev–Trinajstić information content (AvgIpc) is 2.46. The molecule has 5 nitrogen and oxygen atoms in total. The highest BCUT2D eigenvalue weighted by atomic mass is 16.1. The summed E-state index contributed by atoms with van der Waals surface area (Å²) in [6.45, 7) is 4.36. The first-order chi connectivity index (χ1) is 9.61. The zero-order valence-electron chi connectivity index (χ0n) is 11.6. The SMILES string of the molecule is Cc1ccc(NN)c(C(=O)NCc2ccncc2C)c1. The number of hydrogen-bond acceptors (Lipinski definition) is 4. The third-order valence-electron chi connectivity index (χ3n) is 3.15. The number of rotatable bonds is 4. The summed E-state index contributed by atoms with van der Waals surface area (Å²) in [5.74, 6) is 5.28. The number of hydrogen-bond donors (Lipinski definition) is 3. The summed E-state index contributed by atoms with van der Waals surface area (Å²) >= 11 is 0. The number of nitrogen functional groups attached to an aromatic ring is 1. The molecular formula is C15H18N4O. The second-order valence-corrected chi connectivity index (χ2v) is 4.68. The second-order valence-electron chi connectivity index (χ2n) is 4.68. The summed E-state index contributed by atoms with van der Waals surface area (Å²) in [5.41, 5.74) is 6.80. The maximum atomic E-state index is 12.2. The normalized spacial score (nSPS) is 10.2. The highest BCUT2D eigenvalue weighted by Gasteiger charge is 2.11. The lowest BCUT2D eigenvalue weighted by Crippen LogP contribution is -2.25. The first-order valence-corrected chi connectivity index (χ1v) is 6.37. The largest absolute Gasteiger partial charge is 0.348 e. The highest BCUT2D eigenvalue weighted by molar-refractivity contribution is 5.99. The van der Waals surface area contributed by atoms with Crippen LogP contribution < -0.4 is 16.6 Å². The van der Waals surface area contributed by atoms with Crippen LogP contribution in [0.4, 0.5) is 5.69 Å². The Balaban J connectivity index is 2.13. The van der Waals surface area contributed by atoms with Crippen LogP contribution in [0.3, 0.4) is 0 Å². The first-order valence-electron chi connectivity index (χ1n) is 6.37. The molecule has 0 unspecified atom stereocenters. The summed E-state index contributed by atoms with van der Waals surface area (Å²) in [6, 6.07) is 7.40. The number of pyridine rings is 1. The van der Waals surface area contributed by atoms with Gasteiger partial charge >= 0.3 is 0 Å². The molecule has 5 heteroatoms. The zero-order chi connectivity index (χ0) is 14.5. The molecule has 1 aromatic carbocycles. The van der Waals surface area contributed by atoms with Crippen LogP contribution in [0, 0.1) is 13.8 Å². The molecule has 2 rings (SSSR count). The molecule has 1 heterocycles. The van der Waals surface area contributed by atoms with E-state index in [1.165, 1.54) is 0 Å². The van der Waals surface area contributed by atoms with Crippen molar-refractivity contribution in [1.29, 1.82) is 0 Å². The van der Waals surface area contributed by atoms with Crippen LogP contribution in [0.5, 0.6) is 0 Å². The van der Waals surface area contributed by atoms with Gasteiger partial charge in [-0.25, -0.2) is 0 Å². The van der Waals surface area contributed by atoms with Crippen LogP contribution in [0.1, 0.15) is 27.0 Å². The number of benzene rings is 1. The van der Waals surface area contributed by atoms with E-state index in [1.807, 2.05) is 32.0 Å². The van der Waals surface area contributed by atoms with Gasteiger partial charge in [0, 0.05) is 18.9 Å². The minimum absolute atomic E-state index is 0.155. The lowest BCUT2D eigenvalue weighted by molar-refractivity contribution is 0.0951. The number of nitrogens with one attached hydrogen (secondary N) is 2. The van der Waals surface area contributed by atoms with Crippen LogP contribution in [0.25, 0.3) is 0 Å². The standard InChI is InChI=1S/C15H18N4O/c1-10-3-4-14(19-16)13(7-10)15(20)18-9-12-5-6-17-8-11(12)2/h3-8,19H,9,16H2,1-2H3,(H,18,20). The lowest BCUT2D eigenvalue weighted by atomic mass is 10.1. The van der Waals surface area contributed by atoms with Crippen molar-refractivity contribution < 1.29 is 4.79 Å². The van der Waals surface area contributed by atoms with Gasteiger partial charge in [-0.15, -0.1) is 0 Å². The lowest BCUT2D eigenvalue weighted by Gasteiger charge is -2.11. The maximum absolute atomic E-state index is 12.2. The summed E-state index contributed by atoms with van der Waals surface area (Å²) in [7, 11) is 0. The van der Waals surface area contributed by atoms with E-state index in [4.69, 9.17) is 5.84 Å². The topological polar surface area (TPSA) is 80.0 Å². The Morgan fingerprint density at radius 3 is 2.80 bits per heavy atom. The van der Waals surface area contributed by atoms with E-state index >= 15 is 0 Å². The van der Waals surface area contributed by atoms with Crippen LogP contribution in [-0.4, -0.2) is 10.9 Å². The van der Waals surface area contributed by atoms with Gasteiger partial charge in [0.1, 0.15) is 0 Å². The van der Waals surface area contributed by atoms with Crippen molar-refractivity contribution in [2.24, 2.45) is 5.84 Å². The molecule has 0 aliphatic carbocycles. The van der Waals surface area contributed by atoms with Gasteiger partial charge in [-0.3, -0.25) is 15.6 Å². The molecule has 2 aromatic rings. The molecule has 0 fully saturated rings. The Hall–Kier alpha value is -2.40. The number of carbonyl (C=O) groups excluding carboxylic acids is 1. The molecule has 0 saturated carbocycles. The zero-order valence-corrected chi connectivity index (χ0v) is 11.6. The number of hydrazine groups is 1. The second kappa shape index (κ2) is 6.16. The van der Waals surface area contributed by atoms with Gasteiger partial charge in [-0.2, -0.15) is 0 Å². The molecule has 0 aliphatic rings. The molecule has 4 N–H and O–H groups in total. The van der Waals surface area contributed by atoms with Crippen molar-refractivity contribution in [2.45, 2.75) is 20.4 Å². The molecule has 0 bridgehead atoms. The van der Waals surface area contributed by atoms with Crippen molar-refractivity contribution in [1.82, 2.24) is 10.3 Å². The van der Waals surface area contributed by atoms with Gasteiger partial charge in [-0.1, -0.05) is 11.6 Å². The van der Waals surface area contributed by atoms with E-state index in [0.717, 1.165) is 16.7 Å². The molecule has 0 spiro atoms. The van der Waals surface area contributed by atoms with E-state index in [2.05, 4.69) is 15.7 Å². The molecule has 0 radical (unpaired) electrons. The maximum Gasteiger partial charge on any atom is 0.253 e. The number of amides is 1. The summed E-state index contributed by atoms with van der Waals surface area (Å²) in [5, 5.41) is 2.90. The van der Waals surface area contributed by atoms with E-state index in [9.17, 15) is 4.79 Å². The fraction of sp³-hybridized carbons (Fsp3) is 0.200. The molecule has 0 atom stereocenters. The predicted molar refractivity (Wildman–Crippen MR) is 79.1 cm³/mol. The molecule has 1 aromatic heterocycles. The van der Waals surface area contributed by atoms with Crippen LogP contribution in [0.15, 0.2) is 36.7 Å². The highest BCUT2D eigenvalue weighted by Crippen LogP contribution is 2.16. The Morgan fingerprint density at radius 2 is 2.10 bits per heavy atom. The van der Waals surface area contributed by atoms with E-state index in [0.29, 0.717) is 17.8 Å². The quantitative estimate of drug-likeness (QED) is 0.585. The van der Waals surface area contributed by atoms with Gasteiger partial charge in [0.2, 0.25) is 0 Å². The van der Waals surface area contributed by atoms with Crippen molar-refractivity contribution in [3.63, 3.8) is 0 Å². The van der Waals surface area contributed by atoms with Crippen molar-refractivity contribution in [3.8, 4) is 0 Å². The van der Waals surface area contributed by atoms with E-state index < -0.39 is 0 Å². The Bertz CT molecular complexity index is 625. The minimum atomic E-state index is -0.155. The Kier molecular flexibility index (Phi) is 4.32. The average molecular weight is 270 g/mol.